The van der Waals surface area contributed by atoms with E-state index in [2.05, 4.69) is 15.6 Å². The van der Waals surface area contributed by atoms with Gasteiger partial charge in [-0.25, -0.2) is 0 Å². The van der Waals surface area contributed by atoms with Crippen LogP contribution in [-0.2, 0) is 0 Å². The predicted molar refractivity (Wildman–Crippen MR) is 38.2 cm³/mol. The fraction of sp³-hybridized carbons (Fsp3) is 0. The molecule has 0 heterocycles. The Bertz CT molecular complexity index is 260. The van der Waals surface area contributed by atoms with Gasteiger partial charge in [0.2, 0.25) is 0 Å². The van der Waals surface area contributed by atoms with Crippen molar-refractivity contribution in [2.75, 3.05) is 0 Å². The molecule has 0 aliphatic rings. The van der Waals surface area contributed by atoms with Crippen molar-refractivity contribution < 1.29 is 9.50 Å². The number of benzene rings is 1. The van der Waals surface area contributed by atoms with Crippen LogP contribution in [-0.4, -0.2) is 25.3 Å². The van der Waals surface area contributed by atoms with E-state index in [4.69, 9.17) is 5.11 Å². The van der Waals surface area contributed by atoms with E-state index in [1.165, 1.54) is 18.2 Å². The van der Waals surface area contributed by atoms with E-state index < -0.39 is 0 Å². The van der Waals surface area contributed by atoms with Crippen LogP contribution in [0.5, 0.6) is 0 Å². The van der Waals surface area contributed by atoms with Crippen LogP contribution in [0, 0.1) is 5.82 Å². The maximum atomic E-state index is 12.4. The Morgan fingerprint density at radius 2 is 2.20 bits per heavy atom. The average Bonchev–Trinajstić information content (AvgIpc) is 1.88. The molecule has 1 aromatic carbocycles. The van der Waals surface area contributed by atoms with Crippen molar-refractivity contribution in [3.8, 4) is 0 Å². The van der Waals surface area contributed by atoms with Gasteiger partial charge in [0.05, 0.1) is 0 Å². The standard InChI is InChI=1S/C7H5FOSe/c8-6-3-1-2-5(4-6)7(9)10/h1-4H,(H,9,10). The third kappa shape index (κ3) is 1.66. The molecule has 0 unspecified atom stereocenters. The summed E-state index contributed by atoms with van der Waals surface area (Å²) >= 11 is 2.39. The predicted octanol–water partition coefficient (Wildman–Crippen LogP) is 0.845. The molecule has 0 amide bonds. The Labute approximate surface area is 65.9 Å². The first-order valence-corrected chi connectivity index (χ1v) is 3.54. The van der Waals surface area contributed by atoms with Gasteiger partial charge in [0.15, 0.2) is 0 Å². The first-order chi connectivity index (χ1) is 4.70. The number of aliphatic hydroxyl groups is 1. The number of hydrogen-bond acceptors (Lipinski definition) is 1. The zero-order chi connectivity index (χ0) is 7.56. The van der Waals surface area contributed by atoms with E-state index in [1.54, 1.807) is 6.07 Å². The van der Waals surface area contributed by atoms with E-state index in [0.29, 0.717) is 5.56 Å². The van der Waals surface area contributed by atoms with Gasteiger partial charge in [-0.05, 0) is 0 Å². The summed E-state index contributed by atoms with van der Waals surface area (Å²) in [6.45, 7) is 0. The molecule has 0 atom stereocenters. The zero-order valence-corrected chi connectivity index (χ0v) is 6.76. The Balaban J connectivity index is 3.07. The molecule has 0 aliphatic heterocycles. The van der Waals surface area contributed by atoms with Crippen LogP contribution in [0.25, 0.3) is 0 Å². The van der Waals surface area contributed by atoms with Crippen LogP contribution >= 0.6 is 0 Å². The van der Waals surface area contributed by atoms with Crippen LogP contribution in [0.1, 0.15) is 5.56 Å². The van der Waals surface area contributed by atoms with Crippen molar-refractivity contribution in [2.45, 2.75) is 0 Å². The van der Waals surface area contributed by atoms with Gasteiger partial charge in [-0.3, -0.25) is 0 Å². The molecule has 0 aliphatic carbocycles. The van der Waals surface area contributed by atoms with Crippen LogP contribution in [0.4, 0.5) is 4.39 Å². The Morgan fingerprint density at radius 3 is 2.60 bits per heavy atom. The molecule has 1 nitrogen and oxygen atoms in total. The van der Waals surface area contributed by atoms with Gasteiger partial charge in [-0.2, -0.15) is 0 Å². The first-order valence-electron chi connectivity index (χ1n) is 2.69. The van der Waals surface area contributed by atoms with E-state index in [0.717, 1.165) is 0 Å². The molecule has 1 N–H and O–H groups in total. The number of aliphatic hydroxyl groups excluding tert-OH is 1. The molecule has 0 saturated carbocycles. The van der Waals surface area contributed by atoms with Crippen LogP contribution in [0.15, 0.2) is 24.3 Å². The summed E-state index contributed by atoms with van der Waals surface area (Å²) in [6, 6.07) is 5.74. The summed E-state index contributed by atoms with van der Waals surface area (Å²) in [5.74, 6) is -0.348. The fourth-order valence-electron chi connectivity index (χ4n) is 0.622. The SMILES string of the molecule is OC(=[Se])c1cccc(F)c1. The van der Waals surface area contributed by atoms with Crippen LogP contribution in [0.2, 0.25) is 0 Å². The van der Waals surface area contributed by atoms with Gasteiger partial charge >= 0.3 is 65.3 Å². The van der Waals surface area contributed by atoms with Crippen molar-refractivity contribution in [3.05, 3.63) is 35.6 Å². The number of rotatable bonds is 1. The fourth-order valence-corrected chi connectivity index (χ4v) is 0.888. The summed E-state index contributed by atoms with van der Waals surface area (Å²) in [6.07, 6.45) is 0. The molecule has 0 fully saturated rings. The summed E-state index contributed by atoms with van der Waals surface area (Å²) in [4.78, 5) is 0. The van der Waals surface area contributed by atoms with Crippen molar-refractivity contribution in [1.29, 1.82) is 0 Å². The van der Waals surface area contributed by atoms with E-state index >= 15 is 0 Å². The average molecular weight is 203 g/mol. The molecule has 1 rings (SSSR count). The second-order valence-electron chi connectivity index (χ2n) is 1.82. The molecule has 3 heteroatoms. The second-order valence-corrected chi connectivity index (χ2v) is 2.63. The Hall–Kier alpha value is -0.661. The van der Waals surface area contributed by atoms with Gasteiger partial charge in [0.1, 0.15) is 0 Å². The molecule has 0 spiro atoms. The Kier molecular flexibility index (Phi) is 2.20. The van der Waals surface area contributed by atoms with Crippen molar-refractivity contribution in [2.24, 2.45) is 0 Å². The first kappa shape index (κ1) is 7.45. The third-order valence-corrected chi connectivity index (χ3v) is 1.57. The number of hydrogen-bond donors (Lipinski definition) is 1. The Morgan fingerprint density at radius 1 is 1.50 bits per heavy atom. The molecule has 1 aromatic rings. The molecule has 0 aromatic heterocycles. The molecular formula is C7H5FOSe. The maximum absolute atomic E-state index is 12.4. The van der Waals surface area contributed by atoms with Gasteiger partial charge in [-0.1, -0.05) is 0 Å². The summed E-state index contributed by atoms with van der Waals surface area (Å²) in [5, 5.41) is 8.84. The molecule has 10 heavy (non-hydrogen) atoms. The van der Waals surface area contributed by atoms with E-state index in [1.807, 2.05) is 0 Å². The van der Waals surface area contributed by atoms with Gasteiger partial charge in [0, 0.05) is 0 Å². The molecule has 0 saturated heterocycles. The van der Waals surface area contributed by atoms with Crippen LogP contribution < -0.4 is 0 Å². The van der Waals surface area contributed by atoms with Crippen LogP contribution in [0.3, 0.4) is 0 Å². The zero-order valence-electron chi connectivity index (χ0n) is 5.04. The third-order valence-electron chi connectivity index (χ3n) is 1.07. The summed E-state index contributed by atoms with van der Waals surface area (Å²) in [7, 11) is 0. The van der Waals surface area contributed by atoms with Gasteiger partial charge in [-0.15, -0.1) is 0 Å². The van der Waals surface area contributed by atoms with Crippen molar-refractivity contribution in [3.63, 3.8) is 0 Å². The molecule has 0 bridgehead atoms. The summed E-state index contributed by atoms with van der Waals surface area (Å²) in [5.41, 5.74) is 0.472. The van der Waals surface area contributed by atoms with Crippen molar-refractivity contribution >= 4 is 20.2 Å². The second kappa shape index (κ2) is 2.95. The molecule has 52 valence electrons. The van der Waals surface area contributed by atoms with E-state index in [9.17, 15) is 4.39 Å². The molecule has 0 radical (unpaired) electrons. The summed E-state index contributed by atoms with van der Waals surface area (Å²) < 4.78 is 12.4. The van der Waals surface area contributed by atoms with Gasteiger partial charge in [0.25, 0.3) is 0 Å². The monoisotopic (exact) mass is 204 g/mol. The normalized spacial score (nSPS) is 9.30. The van der Waals surface area contributed by atoms with Gasteiger partial charge < -0.3 is 0 Å². The number of halogens is 1. The quantitative estimate of drug-likeness (QED) is 0.670. The molecular weight excluding hydrogens is 198 g/mol. The van der Waals surface area contributed by atoms with E-state index in [-0.39, 0.29) is 10.4 Å². The van der Waals surface area contributed by atoms with Crippen molar-refractivity contribution in [1.82, 2.24) is 0 Å². The topological polar surface area (TPSA) is 20.2 Å². The minimum atomic E-state index is -0.348. The minimum absolute atomic E-state index is 0.0134.